The lowest BCUT2D eigenvalue weighted by Gasteiger charge is -2.17. The number of halogens is 2. The average molecular weight is 300 g/mol. The predicted molar refractivity (Wildman–Crippen MR) is 77.4 cm³/mol. The van der Waals surface area contributed by atoms with E-state index in [0.29, 0.717) is 15.8 Å². The fraction of sp³-hybridized carbons (Fsp3) is 0.286. The van der Waals surface area contributed by atoms with Crippen molar-refractivity contribution in [3.63, 3.8) is 0 Å². The summed E-state index contributed by atoms with van der Waals surface area (Å²) >= 11 is 12.4. The zero-order valence-electron chi connectivity index (χ0n) is 11.0. The smallest absolute Gasteiger partial charge is 0.138 e. The summed E-state index contributed by atoms with van der Waals surface area (Å²) < 4.78 is 10.8. The number of hydrogen-bond donors (Lipinski definition) is 1. The summed E-state index contributed by atoms with van der Waals surface area (Å²) in [4.78, 5) is 0. The molecule has 0 aliphatic rings. The van der Waals surface area contributed by atoms with Gasteiger partial charge in [0.25, 0.3) is 0 Å². The molecule has 102 valence electrons. The largest absolute Gasteiger partial charge is 0.495 e. The van der Waals surface area contributed by atoms with Crippen LogP contribution in [-0.4, -0.2) is 14.2 Å². The van der Waals surface area contributed by atoms with Crippen LogP contribution >= 0.6 is 23.2 Å². The van der Waals surface area contributed by atoms with Gasteiger partial charge in [0, 0.05) is 11.1 Å². The van der Waals surface area contributed by atoms with Crippen molar-refractivity contribution in [1.82, 2.24) is 5.32 Å². The number of hydrogen-bond acceptors (Lipinski definition) is 3. The summed E-state index contributed by atoms with van der Waals surface area (Å²) in [5.41, 5.74) is 0.851. The van der Waals surface area contributed by atoms with Crippen LogP contribution in [0.4, 0.5) is 0 Å². The fourth-order valence-corrected chi connectivity index (χ4v) is 2.49. The van der Waals surface area contributed by atoms with Crippen LogP contribution in [0.25, 0.3) is 0 Å². The van der Waals surface area contributed by atoms with E-state index in [1.807, 2.05) is 26.1 Å². The molecule has 1 atom stereocenters. The Labute approximate surface area is 122 Å². The molecule has 0 fully saturated rings. The monoisotopic (exact) mass is 299 g/mol. The first-order valence-electron chi connectivity index (χ1n) is 5.83. The lowest BCUT2D eigenvalue weighted by Crippen LogP contribution is -2.17. The molecule has 19 heavy (non-hydrogen) atoms. The van der Waals surface area contributed by atoms with Gasteiger partial charge in [-0.1, -0.05) is 23.2 Å². The van der Waals surface area contributed by atoms with Crippen LogP contribution in [0.1, 0.15) is 23.1 Å². The molecule has 2 rings (SSSR count). The topological polar surface area (TPSA) is 34.4 Å². The van der Waals surface area contributed by atoms with Crippen LogP contribution in [-0.2, 0) is 0 Å². The third-order valence-electron chi connectivity index (χ3n) is 2.92. The Hall–Kier alpha value is -1.16. The molecular formula is C14H15Cl2NO2. The molecule has 1 heterocycles. The van der Waals surface area contributed by atoms with Crippen LogP contribution in [0.15, 0.2) is 28.7 Å². The van der Waals surface area contributed by atoms with Crippen LogP contribution in [0.5, 0.6) is 5.75 Å². The molecule has 1 unspecified atom stereocenters. The molecule has 3 nitrogen and oxygen atoms in total. The Bertz CT molecular complexity index is 581. The highest BCUT2D eigenvalue weighted by atomic mass is 35.5. The van der Waals surface area contributed by atoms with Crippen molar-refractivity contribution in [3.8, 4) is 5.75 Å². The maximum atomic E-state index is 6.29. The molecule has 2 aromatic rings. The minimum Gasteiger partial charge on any atom is -0.495 e. The number of aryl methyl sites for hydroxylation is 1. The minimum absolute atomic E-state index is 0.149. The van der Waals surface area contributed by atoms with E-state index >= 15 is 0 Å². The quantitative estimate of drug-likeness (QED) is 0.918. The second-order valence-corrected chi connectivity index (χ2v) is 4.99. The Morgan fingerprint density at radius 3 is 2.47 bits per heavy atom. The van der Waals surface area contributed by atoms with Crippen molar-refractivity contribution < 1.29 is 9.15 Å². The van der Waals surface area contributed by atoms with Crippen LogP contribution in [0.3, 0.4) is 0 Å². The van der Waals surface area contributed by atoms with E-state index in [9.17, 15) is 0 Å². The van der Waals surface area contributed by atoms with Gasteiger partial charge in [-0.3, -0.25) is 0 Å². The molecule has 0 saturated heterocycles. The van der Waals surface area contributed by atoms with Crippen molar-refractivity contribution in [2.24, 2.45) is 0 Å². The van der Waals surface area contributed by atoms with E-state index in [1.54, 1.807) is 19.2 Å². The molecule has 0 radical (unpaired) electrons. The van der Waals surface area contributed by atoms with Gasteiger partial charge < -0.3 is 14.5 Å². The van der Waals surface area contributed by atoms with Crippen molar-refractivity contribution in [2.75, 3.05) is 14.2 Å². The summed E-state index contributed by atoms with van der Waals surface area (Å²) in [6.45, 7) is 1.90. The first-order chi connectivity index (χ1) is 9.06. The number of ether oxygens (including phenoxy) is 1. The predicted octanol–water partition coefficient (Wildman–Crippen LogP) is 4.21. The molecule has 5 heteroatoms. The first kappa shape index (κ1) is 14.3. The van der Waals surface area contributed by atoms with E-state index in [2.05, 4.69) is 5.32 Å². The summed E-state index contributed by atoms with van der Waals surface area (Å²) in [5.74, 6) is 2.20. The van der Waals surface area contributed by atoms with Crippen LogP contribution in [0.2, 0.25) is 10.0 Å². The molecule has 0 bridgehead atoms. The van der Waals surface area contributed by atoms with Crippen molar-refractivity contribution in [2.45, 2.75) is 13.0 Å². The number of benzene rings is 1. The summed E-state index contributed by atoms with van der Waals surface area (Å²) in [7, 11) is 3.40. The molecule has 0 amide bonds. The number of methoxy groups -OCH3 is 1. The number of furan rings is 1. The fourth-order valence-electron chi connectivity index (χ4n) is 1.98. The van der Waals surface area contributed by atoms with Gasteiger partial charge in [-0.05, 0) is 37.7 Å². The highest BCUT2D eigenvalue weighted by molar-refractivity contribution is 6.34. The van der Waals surface area contributed by atoms with E-state index in [4.69, 9.17) is 32.4 Å². The van der Waals surface area contributed by atoms with Crippen molar-refractivity contribution in [3.05, 3.63) is 51.4 Å². The standard InChI is InChI=1S/C14H15Cl2NO2/c1-8-4-5-12(19-8)14(17-2)9-6-11(16)13(18-3)7-10(9)15/h4-7,14,17H,1-3H3. The molecule has 1 aromatic heterocycles. The van der Waals surface area contributed by atoms with Crippen LogP contribution < -0.4 is 10.1 Å². The highest BCUT2D eigenvalue weighted by Gasteiger charge is 2.20. The van der Waals surface area contributed by atoms with E-state index in [-0.39, 0.29) is 6.04 Å². The van der Waals surface area contributed by atoms with E-state index in [1.165, 1.54) is 0 Å². The van der Waals surface area contributed by atoms with Gasteiger partial charge in [-0.2, -0.15) is 0 Å². The van der Waals surface area contributed by atoms with Crippen LogP contribution in [0, 0.1) is 6.92 Å². The Morgan fingerprint density at radius 1 is 1.21 bits per heavy atom. The maximum Gasteiger partial charge on any atom is 0.138 e. The zero-order chi connectivity index (χ0) is 14.0. The second kappa shape index (κ2) is 5.87. The molecule has 1 aromatic carbocycles. The average Bonchev–Trinajstić information content (AvgIpc) is 2.80. The van der Waals surface area contributed by atoms with Gasteiger partial charge >= 0.3 is 0 Å². The third kappa shape index (κ3) is 2.89. The van der Waals surface area contributed by atoms with Gasteiger partial charge in [0.2, 0.25) is 0 Å². The SMILES string of the molecule is CNC(c1ccc(C)o1)c1cc(Cl)c(OC)cc1Cl. The third-order valence-corrected chi connectivity index (χ3v) is 3.54. The Morgan fingerprint density at radius 2 is 1.95 bits per heavy atom. The van der Waals surface area contributed by atoms with Gasteiger partial charge in [0.1, 0.15) is 17.3 Å². The normalized spacial score (nSPS) is 12.5. The molecule has 1 N–H and O–H groups in total. The van der Waals surface area contributed by atoms with E-state index in [0.717, 1.165) is 17.1 Å². The van der Waals surface area contributed by atoms with Gasteiger partial charge in [0.05, 0.1) is 18.2 Å². The lowest BCUT2D eigenvalue weighted by atomic mass is 10.0. The second-order valence-electron chi connectivity index (χ2n) is 4.18. The highest BCUT2D eigenvalue weighted by Crippen LogP contribution is 2.36. The zero-order valence-corrected chi connectivity index (χ0v) is 12.5. The van der Waals surface area contributed by atoms with Crippen molar-refractivity contribution >= 4 is 23.2 Å². The molecule has 0 saturated carbocycles. The molecular weight excluding hydrogens is 285 g/mol. The molecule has 0 spiro atoms. The van der Waals surface area contributed by atoms with Gasteiger partial charge in [0.15, 0.2) is 0 Å². The minimum atomic E-state index is -0.149. The Balaban J connectivity index is 2.47. The van der Waals surface area contributed by atoms with E-state index < -0.39 is 0 Å². The first-order valence-corrected chi connectivity index (χ1v) is 6.59. The molecule has 0 aliphatic heterocycles. The lowest BCUT2D eigenvalue weighted by molar-refractivity contribution is 0.414. The van der Waals surface area contributed by atoms with Gasteiger partial charge in [-0.25, -0.2) is 0 Å². The number of nitrogens with one attached hydrogen (secondary N) is 1. The molecule has 0 aliphatic carbocycles. The summed E-state index contributed by atoms with van der Waals surface area (Å²) in [6.07, 6.45) is 0. The Kier molecular flexibility index (Phi) is 4.40. The maximum absolute atomic E-state index is 6.29. The van der Waals surface area contributed by atoms with Gasteiger partial charge in [-0.15, -0.1) is 0 Å². The van der Waals surface area contributed by atoms with Crippen molar-refractivity contribution in [1.29, 1.82) is 0 Å². The summed E-state index contributed by atoms with van der Waals surface area (Å²) in [5, 5.41) is 4.27. The summed E-state index contributed by atoms with van der Waals surface area (Å²) in [6, 6.07) is 7.19. The number of rotatable bonds is 4.